The zero-order valence-electron chi connectivity index (χ0n) is 12.0. The molecule has 1 heterocycles. The molecule has 0 aliphatic rings. The molecule has 1 aromatic carbocycles. The lowest BCUT2D eigenvalue weighted by atomic mass is 10.1. The van der Waals surface area contributed by atoms with Crippen LogP contribution < -0.4 is 5.32 Å². The second-order valence-electron chi connectivity index (χ2n) is 5.07. The molecular weight excluding hydrogens is 277 g/mol. The summed E-state index contributed by atoms with van der Waals surface area (Å²) in [5, 5.41) is 3.30. The predicted molar refractivity (Wildman–Crippen MR) is 77.0 cm³/mol. The molecule has 0 radical (unpaired) electrons. The minimum atomic E-state index is -4.29. The fourth-order valence-corrected chi connectivity index (χ4v) is 2.16. The summed E-state index contributed by atoms with van der Waals surface area (Å²) in [6.07, 6.45) is 0.638. The van der Waals surface area contributed by atoms with Crippen LogP contribution in [-0.2, 0) is 19.3 Å². The van der Waals surface area contributed by atoms with Crippen molar-refractivity contribution in [3.05, 3.63) is 59.4 Å². The molecule has 0 amide bonds. The van der Waals surface area contributed by atoms with E-state index in [0.717, 1.165) is 31.1 Å². The highest BCUT2D eigenvalue weighted by Gasteiger charge is 2.30. The van der Waals surface area contributed by atoms with Crippen molar-refractivity contribution < 1.29 is 13.2 Å². The normalized spacial score (nSPS) is 11.8. The first-order valence-electron chi connectivity index (χ1n) is 7.00. The highest BCUT2D eigenvalue weighted by molar-refractivity contribution is 5.26. The Morgan fingerprint density at radius 2 is 1.95 bits per heavy atom. The van der Waals surface area contributed by atoms with Gasteiger partial charge in [-0.2, -0.15) is 13.2 Å². The standard InChI is InChI=1S/C16H19F3N2/c1-2-7-20-10-14-6-8-21(12-14)11-13-4-3-5-15(9-13)16(17,18)19/h3-6,8-9,12,20H,2,7,10-11H2,1H3. The summed E-state index contributed by atoms with van der Waals surface area (Å²) in [4.78, 5) is 0. The molecule has 2 nitrogen and oxygen atoms in total. The van der Waals surface area contributed by atoms with E-state index in [1.165, 1.54) is 12.1 Å². The molecule has 1 N–H and O–H groups in total. The maximum Gasteiger partial charge on any atom is 0.416 e. The Bertz CT molecular complexity index is 573. The van der Waals surface area contributed by atoms with Crippen molar-refractivity contribution in [3.8, 4) is 0 Å². The first-order chi connectivity index (χ1) is 9.99. The molecule has 114 valence electrons. The molecule has 21 heavy (non-hydrogen) atoms. The highest BCUT2D eigenvalue weighted by atomic mass is 19.4. The minimum absolute atomic E-state index is 0.442. The lowest BCUT2D eigenvalue weighted by Crippen LogP contribution is -2.13. The van der Waals surface area contributed by atoms with Gasteiger partial charge in [0.25, 0.3) is 0 Å². The van der Waals surface area contributed by atoms with E-state index in [4.69, 9.17) is 0 Å². The molecule has 2 aromatic rings. The van der Waals surface area contributed by atoms with Crippen LogP contribution in [0.15, 0.2) is 42.7 Å². The number of alkyl halides is 3. The van der Waals surface area contributed by atoms with Crippen molar-refractivity contribution in [1.29, 1.82) is 0 Å². The van der Waals surface area contributed by atoms with Crippen LogP contribution in [0.2, 0.25) is 0 Å². The number of nitrogens with zero attached hydrogens (tertiary/aromatic N) is 1. The van der Waals surface area contributed by atoms with Crippen LogP contribution in [0.4, 0.5) is 13.2 Å². The third-order valence-corrected chi connectivity index (χ3v) is 3.19. The van der Waals surface area contributed by atoms with Crippen molar-refractivity contribution in [3.63, 3.8) is 0 Å². The van der Waals surface area contributed by atoms with Crippen LogP contribution in [-0.4, -0.2) is 11.1 Å². The number of benzene rings is 1. The first kappa shape index (κ1) is 15.6. The third-order valence-electron chi connectivity index (χ3n) is 3.19. The smallest absolute Gasteiger partial charge is 0.350 e. The monoisotopic (exact) mass is 296 g/mol. The van der Waals surface area contributed by atoms with Crippen LogP contribution in [0.5, 0.6) is 0 Å². The number of rotatable bonds is 6. The van der Waals surface area contributed by atoms with Gasteiger partial charge in [0.05, 0.1) is 5.56 Å². The van der Waals surface area contributed by atoms with Gasteiger partial charge in [0.15, 0.2) is 0 Å². The van der Waals surface area contributed by atoms with Crippen molar-refractivity contribution >= 4 is 0 Å². The Hall–Kier alpha value is -1.75. The van der Waals surface area contributed by atoms with Crippen LogP contribution in [0.25, 0.3) is 0 Å². The lowest BCUT2D eigenvalue weighted by Gasteiger charge is -2.09. The summed E-state index contributed by atoms with van der Waals surface area (Å²) < 4.78 is 39.9. The van der Waals surface area contributed by atoms with E-state index in [2.05, 4.69) is 12.2 Å². The van der Waals surface area contributed by atoms with E-state index in [1.807, 2.05) is 23.0 Å². The number of hydrogen-bond donors (Lipinski definition) is 1. The fraction of sp³-hybridized carbons (Fsp3) is 0.375. The van der Waals surface area contributed by atoms with Crippen LogP contribution in [0, 0.1) is 0 Å². The fourth-order valence-electron chi connectivity index (χ4n) is 2.16. The van der Waals surface area contributed by atoms with E-state index in [1.54, 1.807) is 6.07 Å². The zero-order valence-corrected chi connectivity index (χ0v) is 12.0. The van der Waals surface area contributed by atoms with E-state index in [9.17, 15) is 13.2 Å². The highest BCUT2D eigenvalue weighted by Crippen LogP contribution is 2.29. The van der Waals surface area contributed by atoms with E-state index in [-0.39, 0.29) is 0 Å². The molecule has 0 atom stereocenters. The second-order valence-corrected chi connectivity index (χ2v) is 5.07. The Kier molecular flexibility index (Phi) is 5.07. The van der Waals surface area contributed by atoms with Crippen molar-refractivity contribution in [2.75, 3.05) is 6.54 Å². The molecule has 0 bridgehead atoms. The van der Waals surface area contributed by atoms with Gasteiger partial charge < -0.3 is 9.88 Å². The molecule has 2 rings (SSSR count). The summed E-state index contributed by atoms with van der Waals surface area (Å²) in [6.45, 7) is 4.28. The molecule has 0 saturated carbocycles. The summed E-state index contributed by atoms with van der Waals surface area (Å²) >= 11 is 0. The molecule has 5 heteroatoms. The third kappa shape index (κ3) is 4.63. The van der Waals surface area contributed by atoms with Crippen molar-refractivity contribution in [1.82, 2.24) is 9.88 Å². The number of nitrogens with one attached hydrogen (secondary N) is 1. The Morgan fingerprint density at radius 3 is 2.67 bits per heavy atom. The van der Waals surface area contributed by atoms with Crippen LogP contribution in [0.1, 0.15) is 30.0 Å². The zero-order chi connectivity index (χ0) is 15.3. The average Bonchev–Trinajstić information content (AvgIpc) is 2.86. The van der Waals surface area contributed by atoms with Gasteiger partial charge in [-0.15, -0.1) is 0 Å². The topological polar surface area (TPSA) is 17.0 Å². The molecular formula is C16H19F3N2. The molecule has 0 aliphatic carbocycles. The van der Waals surface area contributed by atoms with Gasteiger partial charge in [-0.25, -0.2) is 0 Å². The Labute approximate surface area is 122 Å². The molecule has 0 saturated heterocycles. The molecule has 0 aliphatic heterocycles. The van der Waals surface area contributed by atoms with E-state index in [0.29, 0.717) is 12.1 Å². The Morgan fingerprint density at radius 1 is 1.14 bits per heavy atom. The maximum atomic E-state index is 12.7. The van der Waals surface area contributed by atoms with Gasteiger partial charge in [-0.3, -0.25) is 0 Å². The summed E-state index contributed by atoms with van der Waals surface area (Å²) in [6, 6.07) is 7.44. The quantitative estimate of drug-likeness (QED) is 0.796. The molecule has 0 fully saturated rings. The van der Waals surface area contributed by atoms with Crippen molar-refractivity contribution in [2.24, 2.45) is 0 Å². The van der Waals surface area contributed by atoms with Gasteiger partial charge in [0.1, 0.15) is 0 Å². The summed E-state index contributed by atoms with van der Waals surface area (Å²) in [7, 11) is 0. The number of hydrogen-bond acceptors (Lipinski definition) is 1. The summed E-state index contributed by atoms with van der Waals surface area (Å²) in [5.74, 6) is 0. The molecule has 0 spiro atoms. The SMILES string of the molecule is CCCNCc1ccn(Cc2cccc(C(F)(F)F)c2)c1. The van der Waals surface area contributed by atoms with Gasteiger partial charge in [-0.05, 0) is 42.3 Å². The molecule has 0 unspecified atom stereocenters. The van der Waals surface area contributed by atoms with Crippen LogP contribution >= 0.6 is 0 Å². The number of aromatic nitrogens is 1. The average molecular weight is 296 g/mol. The van der Waals surface area contributed by atoms with Gasteiger partial charge >= 0.3 is 6.18 Å². The minimum Gasteiger partial charge on any atom is -0.350 e. The van der Waals surface area contributed by atoms with Crippen LogP contribution in [0.3, 0.4) is 0 Å². The van der Waals surface area contributed by atoms with E-state index >= 15 is 0 Å². The van der Waals surface area contributed by atoms with E-state index < -0.39 is 11.7 Å². The largest absolute Gasteiger partial charge is 0.416 e. The second kappa shape index (κ2) is 6.80. The maximum absolute atomic E-state index is 12.7. The van der Waals surface area contributed by atoms with Gasteiger partial charge in [0, 0.05) is 25.5 Å². The summed E-state index contributed by atoms with van der Waals surface area (Å²) in [5.41, 5.74) is 1.18. The van der Waals surface area contributed by atoms with Crippen molar-refractivity contribution in [2.45, 2.75) is 32.6 Å². The molecule has 1 aromatic heterocycles. The lowest BCUT2D eigenvalue weighted by molar-refractivity contribution is -0.137. The number of halogens is 3. The van der Waals surface area contributed by atoms with Gasteiger partial charge in [0.2, 0.25) is 0 Å². The predicted octanol–water partition coefficient (Wildman–Crippen LogP) is 4.05. The Balaban J connectivity index is 2.02. The van der Waals surface area contributed by atoms with Gasteiger partial charge in [-0.1, -0.05) is 19.1 Å². The first-order valence-corrected chi connectivity index (χ1v) is 7.00.